The van der Waals surface area contributed by atoms with E-state index in [4.69, 9.17) is 9.47 Å². The molecule has 5 nitrogen and oxygen atoms in total. The van der Waals surface area contributed by atoms with Crippen molar-refractivity contribution in [1.29, 1.82) is 0 Å². The summed E-state index contributed by atoms with van der Waals surface area (Å²) in [6.07, 6.45) is -0.627. The lowest BCUT2D eigenvalue weighted by Crippen LogP contribution is -2.52. The van der Waals surface area contributed by atoms with Crippen LogP contribution in [0.4, 0.5) is 4.79 Å². The Morgan fingerprint density at radius 1 is 1.41 bits per heavy atom. The van der Waals surface area contributed by atoms with E-state index in [0.29, 0.717) is 13.1 Å². The lowest BCUT2D eigenvalue weighted by molar-refractivity contribution is -0.136. The molecule has 0 spiro atoms. The van der Waals surface area contributed by atoms with Crippen LogP contribution in [0, 0.1) is 0 Å². The molecule has 0 unspecified atom stereocenters. The highest BCUT2D eigenvalue weighted by Crippen LogP contribution is 2.32. The number of benzene rings is 1. The van der Waals surface area contributed by atoms with Crippen molar-refractivity contribution in [3.8, 4) is 5.75 Å². The number of aromatic hydroxyl groups is 1. The molecule has 0 aromatic heterocycles. The molecule has 0 bridgehead atoms. The fourth-order valence-corrected chi connectivity index (χ4v) is 2.55. The van der Waals surface area contributed by atoms with Crippen molar-refractivity contribution in [2.75, 3.05) is 13.1 Å². The zero-order valence-corrected chi connectivity index (χ0v) is 13.9. The van der Waals surface area contributed by atoms with Gasteiger partial charge >= 0.3 is 6.09 Å². The minimum atomic E-state index is -0.528. The number of morpholine rings is 1. The fraction of sp³-hybridized carbons (Fsp3) is 0.588. The van der Waals surface area contributed by atoms with Gasteiger partial charge < -0.3 is 19.5 Å². The van der Waals surface area contributed by atoms with Crippen molar-refractivity contribution in [2.45, 2.75) is 51.9 Å². The van der Waals surface area contributed by atoms with E-state index in [1.165, 1.54) is 0 Å². The highest BCUT2D eigenvalue weighted by atomic mass is 16.6. The molecule has 0 saturated carbocycles. The van der Waals surface area contributed by atoms with Crippen LogP contribution in [0.15, 0.2) is 24.3 Å². The van der Waals surface area contributed by atoms with Gasteiger partial charge in [-0.25, -0.2) is 4.79 Å². The van der Waals surface area contributed by atoms with Crippen molar-refractivity contribution in [2.24, 2.45) is 0 Å². The smallest absolute Gasteiger partial charge is 0.410 e. The van der Waals surface area contributed by atoms with Gasteiger partial charge in [-0.1, -0.05) is 12.1 Å². The van der Waals surface area contributed by atoms with Crippen LogP contribution in [0.5, 0.6) is 5.75 Å². The third kappa shape index (κ3) is 4.37. The number of nitrogens with zero attached hydrogens (tertiary/aromatic N) is 1. The summed E-state index contributed by atoms with van der Waals surface area (Å²) >= 11 is 0. The minimum absolute atomic E-state index is 0.188. The van der Waals surface area contributed by atoms with Crippen molar-refractivity contribution in [3.05, 3.63) is 29.8 Å². The highest BCUT2D eigenvalue weighted by molar-refractivity contribution is 5.68. The summed E-state index contributed by atoms with van der Waals surface area (Å²) in [5.41, 5.74) is -0.160. The summed E-state index contributed by atoms with van der Waals surface area (Å²) < 4.78 is 11.5. The molecule has 1 fully saturated rings. The number of phenols is 1. The maximum atomic E-state index is 12.3. The van der Waals surface area contributed by atoms with E-state index in [9.17, 15) is 9.90 Å². The number of hydrogen-bond donors (Lipinski definition) is 1. The summed E-state index contributed by atoms with van der Waals surface area (Å²) in [5, 5.41) is 9.64. The first-order valence-corrected chi connectivity index (χ1v) is 7.50. The van der Waals surface area contributed by atoms with Gasteiger partial charge in [0.05, 0.1) is 18.7 Å². The molecule has 1 N–H and O–H groups in total. The Kier molecular flexibility index (Phi) is 4.38. The zero-order chi connectivity index (χ0) is 16.5. The number of rotatable bonds is 1. The maximum absolute atomic E-state index is 12.3. The van der Waals surface area contributed by atoms with Crippen molar-refractivity contribution in [1.82, 2.24) is 4.90 Å². The third-order valence-corrected chi connectivity index (χ3v) is 3.31. The summed E-state index contributed by atoms with van der Waals surface area (Å²) in [5.74, 6) is 0.188. The summed E-state index contributed by atoms with van der Waals surface area (Å²) in [6.45, 7) is 10.3. The van der Waals surface area contributed by atoms with Crippen LogP contribution in [-0.2, 0) is 9.47 Å². The van der Waals surface area contributed by atoms with Crippen molar-refractivity contribution >= 4 is 6.09 Å². The number of carbonyl (C=O) groups is 1. The molecule has 1 aromatic rings. The van der Waals surface area contributed by atoms with Gasteiger partial charge in [-0.05, 0) is 52.3 Å². The second kappa shape index (κ2) is 5.80. The normalized spacial score (nSPS) is 21.5. The zero-order valence-electron chi connectivity index (χ0n) is 13.9. The number of hydrogen-bond acceptors (Lipinski definition) is 4. The average molecular weight is 307 g/mol. The molecule has 22 heavy (non-hydrogen) atoms. The molecule has 1 aliphatic heterocycles. The first kappa shape index (κ1) is 16.6. The van der Waals surface area contributed by atoms with Crippen LogP contribution in [0.25, 0.3) is 0 Å². The van der Waals surface area contributed by atoms with E-state index in [0.717, 1.165) is 5.56 Å². The fourth-order valence-electron chi connectivity index (χ4n) is 2.55. The van der Waals surface area contributed by atoms with Gasteiger partial charge in [0.25, 0.3) is 0 Å². The van der Waals surface area contributed by atoms with Crippen LogP contribution in [0.1, 0.15) is 46.3 Å². The Labute approximate surface area is 131 Å². The van der Waals surface area contributed by atoms with Crippen molar-refractivity contribution < 1.29 is 19.4 Å². The van der Waals surface area contributed by atoms with E-state index in [-0.39, 0.29) is 17.9 Å². The first-order chi connectivity index (χ1) is 10.1. The van der Waals surface area contributed by atoms with E-state index >= 15 is 0 Å². The van der Waals surface area contributed by atoms with E-state index in [1.54, 1.807) is 23.1 Å². The monoisotopic (exact) mass is 307 g/mol. The quantitative estimate of drug-likeness (QED) is 0.863. The van der Waals surface area contributed by atoms with E-state index in [1.807, 2.05) is 40.7 Å². The van der Waals surface area contributed by atoms with Crippen LogP contribution in [0.2, 0.25) is 0 Å². The highest BCUT2D eigenvalue weighted by Gasteiger charge is 2.38. The minimum Gasteiger partial charge on any atom is -0.508 e. The molecular formula is C17H25NO4. The maximum Gasteiger partial charge on any atom is 0.410 e. The van der Waals surface area contributed by atoms with E-state index < -0.39 is 11.2 Å². The molecule has 2 rings (SSSR count). The second-order valence-electron chi connectivity index (χ2n) is 7.32. The predicted octanol–water partition coefficient (Wildman–Crippen LogP) is 3.48. The molecule has 0 radical (unpaired) electrons. The first-order valence-electron chi connectivity index (χ1n) is 7.50. The topological polar surface area (TPSA) is 59.0 Å². The Balaban J connectivity index is 2.18. The average Bonchev–Trinajstić information content (AvgIpc) is 2.34. The van der Waals surface area contributed by atoms with Gasteiger partial charge in [0.15, 0.2) is 0 Å². The summed E-state index contributed by atoms with van der Waals surface area (Å²) in [7, 11) is 0. The SMILES string of the molecule is CC(C)(C)OC(=O)N1C[C@H](c2cccc(O)c2)OC(C)(C)C1. The lowest BCUT2D eigenvalue weighted by Gasteiger charge is -2.43. The van der Waals surface area contributed by atoms with Gasteiger partial charge in [0.1, 0.15) is 17.5 Å². The van der Waals surface area contributed by atoms with Crippen LogP contribution in [0.3, 0.4) is 0 Å². The van der Waals surface area contributed by atoms with Gasteiger partial charge in [0, 0.05) is 0 Å². The predicted molar refractivity (Wildman–Crippen MR) is 83.8 cm³/mol. The molecule has 5 heteroatoms. The number of ether oxygens (including phenoxy) is 2. The molecule has 0 aliphatic carbocycles. The third-order valence-electron chi connectivity index (χ3n) is 3.31. The summed E-state index contributed by atoms with van der Waals surface area (Å²) in [4.78, 5) is 14.0. The molecule has 122 valence electrons. The molecule has 1 aromatic carbocycles. The molecule has 1 aliphatic rings. The molecule has 1 saturated heterocycles. The molecule has 1 atom stereocenters. The van der Waals surface area contributed by atoms with Gasteiger partial charge in [-0.2, -0.15) is 0 Å². The number of phenolic OH excluding ortho intramolecular Hbond substituents is 1. The Morgan fingerprint density at radius 2 is 2.09 bits per heavy atom. The Bertz CT molecular complexity index is 548. The number of carbonyl (C=O) groups excluding carboxylic acids is 1. The second-order valence-corrected chi connectivity index (χ2v) is 7.32. The summed E-state index contributed by atoms with van der Waals surface area (Å²) in [6, 6.07) is 6.94. The Hall–Kier alpha value is -1.75. The van der Waals surface area contributed by atoms with Crippen LogP contribution in [-0.4, -0.2) is 40.4 Å². The lowest BCUT2D eigenvalue weighted by atomic mass is 10.0. The van der Waals surface area contributed by atoms with Gasteiger partial charge in [-0.15, -0.1) is 0 Å². The van der Waals surface area contributed by atoms with E-state index in [2.05, 4.69) is 0 Å². The van der Waals surface area contributed by atoms with Crippen LogP contribution >= 0.6 is 0 Å². The van der Waals surface area contributed by atoms with Crippen molar-refractivity contribution in [3.63, 3.8) is 0 Å². The molecule has 1 heterocycles. The largest absolute Gasteiger partial charge is 0.508 e. The molecule has 1 amide bonds. The number of amides is 1. The van der Waals surface area contributed by atoms with Gasteiger partial charge in [-0.3, -0.25) is 0 Å². The standard InChI is InChI=1S/C17H25NO4/c1-16(2,3)22-15(20)18-10-14(21-17(4,5)11-18)12-7-6-8-13(19)9-12/h6-9,14,19H,10-11H2,1-5H3/t14-/m1/s1. The Morgan fingerprint density at radius 3 is 2.68 bits per heavy atom. The van der Waals surface area contributed by atoms with Gasteiger partial charge in [0.2, 0.25) is 0 Å². The molecular weight excluding hydrogens is 282 g/mol. The van der Waals surface area contributed by atoms with Crippen LogP contribution < -0.4 is 0 Å².